The van der Waals surface area contributed by atoms with Gasteiger partial charge in [-0.25, -0.2) is 0 Å². The molecule has 0 radical (unpaired) electrons. The quantitative estimate of drug-likeness (QED) is 0.0849. The van der Waals surface area contributed by atoms with E-state index in [2.05, 4.69) is 408 Å². The van der Waals surface area contributed by atoms with Gasteiger partial charge in [-0.3, -0.25) is 0 Å². The highest BCUT2D eigenvalue weighted by atomic mass is 15.2. The molecule has 0 unspecified atom stereocenters. The molecule has 0 saturated carbocycles. The average molecular weight is 1210 g/mol. The van der Waals surface area contributed by atoms with E-state index in [1.807, 2.05) is 0 Å². The lowest BCUT2D eigenvalue weighted by molar-refractivity contribution is 0.918. The van der Waals surface area contributed by atoms with Crippen molar-refractivity contribution in [3.05, 3.63) is 394 Å². The number of rotatable bonds is 18. The number of nitrogens with zero attached hydrogens (tertiary/aromatic N) is 4. The highest BCUT2D eigenvalue weighted by Crippen LogP contribution is 2.42. The summed E-state index contributed by atoms with van der Waals surface area (Å²) in [5, 5.41) is 0. The van der Waals surface area contributed by atoms with E-state index in [-0.39, 0.29) is 0 Å². The molecule has 0 aliphatic heterocycles. The molecule has 15 rings (SSSR count). The van der Waals surface area contributed by atoms with Crippen LogP contribution in [0.15, 0.2) is 394 Å². The van der Waals surface area contributed by atoms with Gasteiger partial charge in [0.1, 0.15) is 0 Å². The molecule has 0 bridgehead atoms. The molecule has 0 heterocycles. The molecule has 0 atom stereocenters. The van der Waals surface area contributed by atoms with Crippen LogP contribution in [-0.2, 0) is 0 Å². The highest BCUT2D eigenvalue weighted by Gasteiger charge is 2.20. The summed E-state index contributed by atoms with van der Waals surface area (Å²) in [6.45, 7) is 0. The zero-order valence-corrected chi connectivity index (χ0v) is 52.2. The Kier molecular flexibility index (Phi) is 16.7. The maximum absolute atomic E-state index is 2.41. The van der Waals surface area contributed by atoms with Gasteiger partial charge in [-0.05, 0) is 219 Å². The van der Waals surface area contributed by atoms with E-state index in [0.29, 0.717) is 0 Å². The van der Waals surface area contributed by atoms with Crippen LogP contribution in [0.25, 0.3) is 66.8 Å². The monoisotopic (exact) mass is 1200 g/mol. The van der Waals surface area contributed by atoms with Crippen LogP contribution >= 0.6 is 0 Å². The molecule has 4 heteroatoms. The van der Waals surface area contributed by atoms with Crippen LogP contribution in [0.3, 0.4) is 0 Å². The van der Waals surface area contributed by atoms with Gasteiger partial charge in [0, 0.05) is 68.3 Å². The third-order valence-electron chi connectivity index (χ3n) is 17.8. The fraction of sp³-hybridized carbons (Fsp3) is 0.0222. The zero-order valence-electron chi connectivity index (χ0n) is 52.2. The Labute approximate surface area is 552 Å². The molecule has 0 saturated heterocycles. The van der Waals surface area contributed by atoms with Crippen molar-refractivity contribution in [1.82, 2.24) is 0 Å². The van der Waals surface area contributed by atoms with Crippen LogP contribution in [0, 0.1) is 0 Å². The van der Waals surface area contributed by atoms with E-state index in [0.717, 1.165) is 92.1 Å². The summed E-state index contributed by atoms with van der Waals surface area (Å²) in [7, 11) is 0. The van der Waals surface area contributed by atoms with Crippen molar-refractivity contribution in [3.63, 3.8) is 0 Å². The summed E-state index contributed by atoms with van der Waals surface area (Å²) >= 11 is 0. The minimum Gasteiger partial charge on any atom is -0.314 e. The first-order valence-corrected chi connectivity index (χ1v) is 32.3. The number of hydrogen-bond acceptors (Lipinski definition) is 4. The first kappa shape index (κ1) is 58.2. The van der Waals surface area contributed by atoms with E-state index in [4.69, 9.17) is 0 Å². The Morgan fingerprint density at radius 2 is 0.330 bits per heavy atom. The number of benzene rings is 14. The van der Waals surface area contributed by atoms with Crippen LogP contribution in [0.2, 0.25) is 0 Å². The molecule has 14 aromatic rings. The van der Waals surface area contributed by atoms with Crippen molar-refractivity contribution in [2.45, 2.75) is 12.8 Å². The van der Waals surface area contributed by atoms with Gasteiger partial charge in [0.05, 0.1) is 0 Å². The smallest absolute Gasteiger partial charge is 0.0462 e. The Bertz CT molecular complexity index is 4830. The Hall–Kier alpha value is -12.2. The molecular weight excluding hydrogens is 1140 g/mol. The lowest BCUT2D eigenvalue weighted by Crippen LogP contribution is -2.17. The Morgan fingerprint density at radius 1 is 0.160 bits per heavy atom. The average Bonchev–Trinajstić information content (AvgIpc) is 0.993. The second-order valence-corrected chi connectivity index (χ2v) is 23.7. The van der Waals surface area contributed by atoms with E-state index in [1.54, 1.807) is 0 Å². The minimum absolute atomic E-state index is 0.966. The van der Waals surface area contributed by atoms with Crippen LogP contribution in [0.5, 0.6) is 0 Å². The minimum atomic E-state index is 0.966. The van der Waals surface area contributed by atoms with Gasteiger partial charge in [0.2, 0.25) is 0 Å². The second kappa shape index (κ2) is 27.1. The van der Waals surface area contributed by atoms with Gasteiger partial charge in [0.15, 0.2) is 0 Å². The van der Waals surface area contributed by atoms with Crippen LogP contribution < -0.4 is 19.6 Å². The summed E-state index contributed by atoms with van der Waals surface area (Å²) in [6, 6.07) is 133. The van der Waals surface area contributed by atoms with Crippen LogP contribution in [0.4, 0.5) is 62.6 Å². The van der Waals surface area contributed by atoms with Gasteiger partial charge in [-0.15, -0.1) is 0 Å². The molecular formula is C90H68N4. The van der Waals surface area contributed by atoms with E-state index in [1.165, 1.54) is 55.8 Å². The molecule has 0 spiro atoms. The number of hydrogen-bond donors (Lipinski definition) is 0. The lowest BCUT2D eigenvalue weighted by Gasteiger charge is -2.29. The maximum atomic E-state index is 2.41. The summed E-state index contributed by atoms with van der Waals surface area (Å²) in [5.74, 6) is 0. The van der Waals surface area contributed by atoms with Crippen LogP contribution in [0.1, 0.15) is 12.8 Å². The van der Waals surface area contributed by atoms with E-state index >= 15 is 0 Å². The van der Waals surface area contributed by atoms with Crippen molar-refractivity contribution in [3.8, 4) is 66.8 Å². The van der Waals surface area contributed by atoms with Crippen molar-refractivity contribution in [1.29, 1.82) is 0 Å². The predicted octanol–water partition coefficient (Wildman–Crippen LogP) is 25.5. The van der Waals surface area contributed by atoms with Crippen molar-refractivity contribution >= 4 is 62.6 Å². The van der Waals surface area contributed by atoms with Gasteiger partial charge < -0.3 is 19.6 Å². The molecule has 14 aromatic carbocycles. The largest absolute Gasteiger partial charge is 0.314 e. The highest BCUT2D eigenvalue weighted by molar-refractivity contribution is 5.85. The first-order valence-electron chi connectivity index (χ1n) is 32.3. The molecule has 448 valence electrons. The molecule has 0 fully saturated rings. The molecule has 4 nitrogen and oxygen atoms in total. The van der Waals surface area contributed by atoms with Crippen molar-refractivity contribution in [2.75, 3.05) is 19.6 Å². The number of para-hydroxylation sites is 3. The molecule has 0 aromatic heterocycles. The fourth-order valence-electron chi connectivity index (χ4n) is 12.9. The van der Waals surface area contributed by atoms with Gasteiger partial charge in [0.25, 0.3) is 0 Å². The standard InChI is InChI=1S/C90H68N4/c1-7-19-67(20-8-1)71-35-51-83(52-36-71)91(79-23-11-3-12-24-79)87-59-43-75(44-60-87)77-47-63-89(64-48-77)93(81-27-15-5-16-28-81)85-55-39-73(40-56-85)69-31-33-70(34-32-69)74-41-57-86(58-42-74)94(82-29-17-6-18-30-82)90-65-49-78(50-66-90)76-45-61-88(62-46-76)92(80-25-13-4-14-26-80)84-53-37-72(38-54-84)68-21-9-2-10-22-68/h1-17,19-29,31-66H,18,30H2. The SMILES string of the molecule is C1=CCCC(N(c2ccc(-c3ccc(-c4ccc(N(c5ccccc5)c5ccc(-c6ccc(N(c7ccccc7)c7ccc(-c8ccccc8)cc7)cc6)cc5)cc4)cc3)cc2)c2ccc(-c3ccc(N(c4ccccc4)c4ccc(-c5ccccc5)cc4)cc3)cc2)=C1. The Balaban J connectivity index is 0.627. The summed E-state index contributed by atoms with van der Waals surface area (Å²) < 4.78 is 0. The lowest BCUT2D eigenvalue weighted by atomic mass is 9.99. The second-order valence-electron chi connectivity index (χ2n) is 23.7. The van der Waals surface area contributed by atoms with E-state index in [9.17, 15) is 0 Å². The summed E-state index contributed by atoms with van der Waals surface area (Å²) in [6.07, 6.45) is 8.67. The molecule has 94 heavy (non-hydrogen) atoms. The third-order valence-corrected chi connectivity index (χ3v) is 17.8. The van der Waals surface area contributed by atoms with E-state index < -0.39 is 0 Å². The van der Waals surface area contributed by atoms with Gasteiger partial charge in [-0.2, -0.15) is 0 Å². The molecule has 1 aliphatic rings. The fourth-order valence-corrected chi connectivity index (χ4v) is 12.9. The van der Waals surface area contributed by atoms with Gasteiger partial charge in [-0.1, -0.05) is 249 Å². The normalized spacial score (nSPS) is 11.8. The number of allylic oxidation sites excluding steroid dienone is 4. The van der Waals surface area contributed by atoms with Crippen molar-refractivity contribution in [2.24, 2.45) is 0 Å². The summed E-state index contributed by atoms with van der Waals surface area (Å²) in [5.41, 5.74) is 27.6. The number of anilines is 11. The zero-order chi connectivity index (χ0) is 62.8. The predicted molar refractivity (Wildman–Crippen MR) is 398 cm³/mol. The maximum Gasteiger partial charge on any atom is 0.0462 e. The third kappa shape index (κ3) is 12.7. The topological polar surface area (TPSA) is 13.0 Å². The Morgan fingerprint density at radius 3 is 0.532 bits per heavy atom. The van der Waals surface area contributed by atoms with Gasteiger partial charge >= 0.3 is 0 Å². The molecule has 1 aliphatic carbocycles. The molecule has 0 amide bonds. The molecule has 0 N–H and O–H groups in total. The van der Waals surface area contributed by atoms with Crippen molar-refractivity contribution < 1.29 is 0 Å². The first-order chi connectivity index (χ1) is 46.6. The van der Waals surface area contributed by atoms with Crippen LogP contribution in [-0.4, -0.2) is 0 Å². The summed E-state index contributed by atoms with van der Waals surface area (Å²) in [4.78, 5) is 9.38.